The van der Waals surface area contributed by atoms with E-state index in [1.165, 1.54) is 12.4 Å². The van der Waals surface area contributed by atoms with E-state index in [0.29, 0.717) is 37.6 Å². The molecule has 0 unspecified atom stereocenters. The summed E-state index contributed by atoms with van der Waals surface area (Å²) in [7, 11) is 1.63. The van der Waals surface area contributed by atoms with Crippen LogP contribution in [-0.4, -0.2) is 44.0 Å². The van der Waals surface area contributed by atoms with E-state index < -0.39 is 0 Å². The van der Waals surface area contributed by atoms with Gasteiger partial charge in [0, 0.05) is 54.9 Å². The molecule has 0 atom stereocenters. The van der Waals surface area contributed by atoms with Crippen molar-refractivity contribution in [3.8, 4) is 11.5 Å². The van der Waals surface area contributed by atoms with E-state index in [0.717, 1.165) is 22.6 Å². The van der Waals surface area contributed by atoms with Crippen molar-refractivity contribution in [2.45, 2.75) is 13.5 Å². The van der Waals surface area contributed by atoms with Crippen molar-refractivity contribution in [1.82, 2.24) is 4.90 Å². The van der Waals surface area contributed by atoms with Gasteiger partial charge in [-0.05, 0) is 36.8 Å². The molecule has 1 aliphatic rings. The second-order valence-electron chi connectivity index (χ2n) is 6.59. The van der Waals surface area contributed by atoms with Crippen LogP contribution in [0.1, 0.15) is 18.1 Å². The predicted molar refractivity (Wildman–Crippen MR) is 115 cm³/mol. The van der Waals surface area contributed by atoms with E-state index in [1.807, 2.05) is 54.3 Å². The van der Waals surface area contributed by atoms with Crippen LogP contribution in [0.3, 0.4) is 0 Å². The SMILES string of the molecule is CCOc1cc(N2CCN(Cc3cccc(OC)c3)C2=O)ccc1/C(C=N)=C/N. The summed E-state index contributed by atoms with van der Waals surface area (Å²) >= 11 is 0. The Morgan fingerprint density at radius 2 is 2.07 bits per heavy atom. The Hall–Kier alpha value is -3.48. The van der Waals surface area contributed by atoms with Crippen molar-refractivity contribution < 1.29 is 14.3 Å². The number of nitrogens with zero attached hydrogens (tertiary/aromatic N) is 2. The highest BCUT2D eigenvalue weighted by atomic mass is 16.5. The molecule has 1 heterocycles. The first-order chi connectivity index (χ1) is 14.1. The number of methoxy groups -OCH3 is 1. The Morgan fingerprint density at radius 3 is 2.76 bits per heavy atom. The first kappa shape index (κ1) is 20.3. The fourth-order valence-corrected chi connectivity index (χ4v) is 3.37. The molecule has 0 spiro atoms. The fraction of sp³-hybridized carbons (Fsp3) is 0.273. The molecule has 0 aliphatic carbocycles. The molecule has 152 valence electrons. The zero-order valence-electron chi connectivity index (χ0n) is 16.7. The van der Waals surface area contributed by atoms with Gasteiger partial charge >= 0.3 is 6.03 Å². The second kappa shape index (κ2) is 9.14. The first-order valence-electron chi connectivity index (χ1n) is 9.50. The maximum Gasteiger partial charge on any atom is 0.324 e. The molecule has 29 heavy (non-hydrogen) atoms. The van der Waals surface area contributed by atoms with Crippen LogP contribution in [-0.2, 0) is 6.54 Å². The van der Waals surface area contributed by atoms with E-state index in [4.69, 9.17) is 20.6 Å². The van der Waals surface area contributed by atoms with E-state index >= 15 is 0 Å². The Balaban J connectivity index is 1.81. The van der Waals surface area contributed by atoms with Crippen LogP contribution in [0.2, 0.25) is 0 Å². The van der Waals surface area contributed by atoms with Crippen molar-refractivity contribution in [2.75, 3.05) is 31.7 Å². The highest BCUT2D eigenvalue weighted by Crippen LogP contribution is 2.32. The molecule has 7 nitrogen and oxygen atoms in total. The van der Waals surface area contributed by atoms with Gasteiger partial charge in [-0.25, -0.2) is 4.79 Å². The number of nitrogens with two attached hydrogens (primary N) is 1. The third-order valence-electron chi connectivity index (χ3n) is 4.83. The summed E-state index contributed by atoms with van der Waals surface area (Å²) in [5, 5.41) is 7.53. The fourth-order valence-electron chi connectivity index (χ4n) is 3.37. The topological polar surface area (TPSA) is 91.9 Å². The number of carbonyl (C=O) groups excluding carboxylic acids is 1. The number of rotatable bonds is 8. The number of ether oxygens (including phenoxy) is 2. The van der Waals surface area contributed by atoms with E-state index in [-0.39, 0.29) is 6.03 Å². The summed E-state index contributed by atoms with van der Waals surface area (Å²) in [4.78, 5) is 16.5. The van der Waals surface area contributed by atoms with Crippen LogP contribution in [0, 0.1) is 5.41 Å². The van der Waals surface area contributed by atoms with Gasteiger partial charge < -0.3 is 25.5 Å². The normalized spacial score (nSPS) is 14.3. The third kappa shape index (κ3) is 4.34. The summed E-state index contributed by atoms with van der Waals surface area (Å²) in [6, 6.07) is 13.2. The molecular formula is C22H26N4O3. The molecule has 0 aromatic heterocycles. The minimum absolute atomic E-state index is 0.0512. The minimum Gasteiger partial charge on any atom is -0.497 e. The molecule has 7 heteroatoms. The summed E-state index contributed by atoms with van der Waals surface area (Å²) < 4.78 is 11.0. The third-order valence-corrected chi connectivity index (χ3v) is 4.83. The molecule has 0 bridgehead atoms. The van der Waals surface area contributed by atoms with Crippen LogP contribution in [0.25, 0.3) is 5.57 Å². The minimum atomic E-state index is -0.0512. The van der Waals surface area contributed by atoms with Gasteiger partial charge in [-0.3, -0.25) is 4.90 Å². The molecule has 3 rings (SSSR count). The maximum absolute atomic E-state index is 13.0. The lowest BCUT2D eigenvalue weighted by atomic mass is 10.1. The highest BCUT2D eigenvalue weighted by molar-refractivity contribution is 6.09. The number of hydrogen-bond donors (Lipinski definition) is 2. The molecule has 1 aliphatic heterocycles. The molecule has 1 saturated heterocycles. The van der Waals surface area contributed by atoms with Crippen molar-refractivity contribution in [3.63, 3.8) is 0 Å². The lowest BCUT2D eigenvalue weighted by Gasteiger charge is -2.20. The summed E-state index contributed by atoms with van der Waals surface area (Å²) in [6.07, 6.45) is 2.57. The van der Waals surface area contributed by atoms with Gasteiger partial charge in [0.05, 0.1) is 13.7 Å². The lowest BCUT2D eigenvalue weighted by molar-refractivity contribution is 0.218. The summed E-state index contributed by atoms with van der Waals surface area (Å²) in [6.45, 7) is 4.12. The van der Waals surface area contributed by atoms with Gasteiger partial charge in [-0.1, -0.05) is 12.1 Å². The Kier molecular flexibility index (Phi) is 6.39. The van der Waals surface area contributed by atoms with Crippen molar-refractivity contribution in [2.24, 2.45) is 5.73 Å². The molecule has 2 amide bonds. The van der Waals surface area contributed by atoms with E-state index in [2.05, 4.69) is 0 Å². The summed E-state index contributed by atoms with van der Waals surface area (Å²) in [5.74, 6) is 1.38. The summed E-state index contributed by atoms with van der Waals surface area (Å²) in [5.41, 5.74) is 8.70. The van der Waals surface area contributed by atoms with Gasteiger partial charge in [0.1, 0.15) is 11.5 Å². The predicted octanol–water partition coefficient (Wildman–Crippen LogP) is 3.49. The smallest absolute Gasteiger partial charge is 0.324 e. The molecule has 1 fully saturated rings. The number of urea groups is 1. The largest absolute Gasteiger partial charge is 0.497 e. The zero-order chi connectivity index (χ0) is 20.8. The Morgan fingerprint density at radius 1 is 1.24 bits per heavy atom. The lowest BCUT2D eigenvalue weighted by Crippen LogP contribution is -2.31. The van der Waals surface area contributed by atoms with Crippen LogP contribution in [0.5, 0.6) is 11.5 Å². The number of hydrogen-bond acceptors (Lipinski definition) is 5. The van der Waals surface area contributed by atoms with Crippen LogP contribution in [0.15, 0.2) is 48.7 Å². The molecule has 0 radical (unpaired) electrons. The average Bonchev–Trinajstić information content (AvgIpc) is 3.10. The Labute approximate surface area is 170 Å². The van der Waals surface area contributed by atoms with Gasteiger partial charge in [0.2, 0.25) is 0 Å². The number of allylic oxidation sites excluding steroid dienone is 1. The average molecular weight is 394 g/mol. The molecule has 2 aromatic rings. The standard InChI is InChI=1S/C22H26N4O3/c1-3-29-21-12-18(7-8-20(21)17(13-23)14-24)26-10-9-25(22(26)27)15-16-5-4-6-19(11-16)28-2/h4-8,11-14,23H,3,9-10,15,24H2,1-2H3/b17-14+,23-13?. The van der Waals surface area contributed by atoms with Gasteiger partial charge in [0.15, 0.2) is 0 Å². The molecule has 0 saturated carbocycles. The quantitative estimate of drug-likeness (QED) is 0.671. The maximum atomic E-state index is 13.0. The molecular weight excluding hydrogens is 368 g/mol. The van der Waals surface area contributed by atoms with Crippen LogP contribution < -0.4 is 20.1 Å². The second-order valence-corrected chi connectivity index (χ2v) is 6.59. The highest BCUT2D eigenvalue weighted by Gasteiger charge is 2.30. The molecule has 2 aromatic carbocycles. The van der Waals surface area contributed by atoms with Crippen LogP contribution in [0.4, 0.5) is 10.5 Å². The number of benzene rings is 2. The first-order valence-corrected chi connectivity index (χ1v) is 9.50. The van der Waals surface area contributed by atoms with Crippen molar-refractivity contribution in [1.29, 1.82) is 5.41 Å². The van der Waals surface area contributed by atoms with Gasteiger partial charge in [0.25, 0.3) is 0 Å². The zero-order valence-corrected chi connectivity index (χ0v) is 16.7. The number of nitrogens with one attached hydrogen (secondary N) is 1. The van der Waals surface area contributed by atoms with Crippen LogP contribution >= 0.6 is 0 Å². The number of anilines is 1. The van der Waals surface area contributed by atoms with Crippen molar-refractivity contribution in [3.05, 3.63) is 59.8 Å². The Bertz CT molecular complexity index is 926. The van der Waals surface area contributed by atoms with Gasteiger partial charge in [-0.2, -0.15) is 0 Å². The van der Waals surface area contributed by atoms with E-state index in [1.54, 1.807) is 12.0 Å². The number of carbonyl (C=O) groups is 1. The van der Waals surface area contributed by atoms with E-state index in [9.17, 15) is 4.79 Å². The monoisotopic (exact) mass is 394 g/mol. The molecule has 3 N–H and O–H groups in total. The van der Waals surface area contributed by atoms with Gasteiger partial charge in [-0.15, -0.1) is 0 Å². The number of amides is 2. The van der Waals surface area contributed by atoms with Crippen molar-refractivity contribution >= 4 is 23.5 Å².